The van der Waals surface area contributed by atoms with Crippen LogP contribution in [0.2, 0.25) is 0 Å². The number of carbonyl (C=O) groups is 1. The molecule has 1 heterocycles. The molecule has 1 N–H and O–H groups in total. The first-order valence-corrected chi connectivity index (χ1v) is 10.0. The Balaban J connectivity index is 1.80. The van der Waals surface area contributed by atoms with E-state index in [1.165, 1.54) is 23.1 Å². The van der Waals surface area contributed by atoms with Crippen molar-refractivity contribution in [2.45, 2.75) is 6.92 Å². The maximum Gasteiger partial charge on any atom is 0.271 e. The molecule has 0 bridgehead atoms. The second-order valence-corrected chi connectivity index (χ2v) is 7.07. The second kappa shape index (κ2) is 8.77. The lowest BCUT2D eigenvalue weighted by Crippen LogP contribution is -2.25. The third-order valence-electron chi connectivity index (χ3n) is 4.98. The second-order valence-electron chi connectivity index (χ2n) is 7.07. The summed E-state index contributed by atoms with van der Waals surface area (Å²) in [6, 6.07) is 20.1. The lowest BCUT2D eigenvalue weighted by molar-refractivity contribution is -0.384. The summed E-state index contributed by atoms with van der Waals surface area (Å²) in [6.45, 7) is 2.46. The largest absolute Gasteiger partial charge is 0.506 e. The minimum atomic E-state index is -0.563. The Morgan fingerprint density at radius 1 is 1.06 bits per heavy atom. The predicted octanol–water partition coefficient (Wildman–Crippen LogP) is 5.17. The average molecular weight is 428 g/mol. The highest BCUT2D eigenvalue weighted by Gasteiger charge is 2.33. The van der Waals surface area contributed by atoms with Crippen LogP contribution in [0.25, 0.3) is 11.8 Å². The standard InChI is InChI=1S/C25H20N2O5/c1-2-32-21-11-8-17(9-12-21)14-19-15-22(18-6-4-3-5-7-18)26(25(19)29)23-16-20(27(30)31)10-13-24(23)28/h3-16,28H,2H2,1H3/b19-14+. The van der Waals surface area contributed by atoms with Crippen LogP contribution in [0, 0.1) is 10.1 Å². The quantitative estimate of drug-likeness (QED) is 0.332. The van der Waals surface area contributed by atoms with Gasteiger partial charge in [0.2, 0.25) is 0 Å². The van der Waals surface area contributed by atoms with E-state index in [1.54, 1.807) is 12.2 Å². The number of hydrogen-bond acceptors (Lipinski definition) is 5. The Morgan fingerprint density at radius 2 is 1.78 bits per heavy atom. The molecule has 7 heteroatoms. The molecular formula is C25H20N2O5. The van der Waals surface area contributed by atoms with Crippen molar-refractivity contribution in [1.29, 1.82) is 0 Å². The zero-order valence-corrected chi connectivity index (χ0v) is 17.3. The van der Waals surface area contributed by atoms with Crippen LogP contribution in [0.5, 0.6) is 11.5 Å². The van der Waals surface area contributed by atoms with Gasteiger partial charge >= 0.3 is 0 Å². The van der Waals surface area contributed by atoms with Gasteiger partial charge in [0.25, 0.3) is 11.6 Å². The smallest absolute Gasteiger partial charge is 0.271 e. The maximum absolute atomic E-state index is 13.4. The first-order valence-electron chi connectivity index (χ1n) is 10.0. The Hall–Kier alpha value is -4.39. The number of nitro groups is 1. The molecule has 0 aromatic heterocycles. The van der Waals surface area contributed by atoms with Crippen molar-refractivity contribution in [2.75, 3.05) is 11.5 Å². The highest BCUT2D eigenvalue weighted by atomic mass is 16.6. The van der Waals surface area contributed by atoms with Crippen LogP contribution in [-0.2, 0) is 4.79 Å². The summed E-state index contributed by atoms with van der Waals surface area (Å²) in [5.41, 5.74) is 2.27. The summed E-state index contributed by atoms with van der Waals surface area (Å²) in [4.78, 5) is 25.4. The molecular weight excluding hydrogens is 408 g/mol. The number of anilines is 1. The first-order chi connectivity index (χ1) is 15.5. The molecule has 7 nitrogen and oxygen atoms in total. The topological polar surface area (TPSA) is 92.9 Å². The van der Waals surface area contributed by atoms with Gasteiger partial charge in [-0.2, -0.15) is 0 Å². The van der Waals surface area contributed by atoms with Gasteiger partial charge in [0.15, 0.2) is 0 Å². The van der Waals surface area contributed by atoms with Gasteiger partial charge in [0.05, 0.1) is 22.9 Å². The Morgan fingerprint density at radius 3 is 2.44 bits per heavy atom. The zero-order chi connectivity index (χ0) is 22.7. The fourth-order valence-corrected chi connectivity index (χ4v) is 3.49. The van der Waals surface area contributed by atoms with Crippen LogP contribution < -0.4 is 9.64 Å². The number of nitrogens with zero attached hydrogens (tertiary/aromatic N) is 2. The molecule has 0 unspecified atom stereocenters. The molecule has 1 amide bonds. The summed E-state index contributed by atoms with van der Waals surface area (Å²) < 4.78 is 5.45. The fourth-order valence-electron chi connectivity index (χ4n) is 3.49. The van der Waals surface area contributed by atoms with Crippen molar-refractivity contribution in [2.24, 2.45) is 0 Å². The van der Waals surface area contributed by atoms with Crippen molar-refractivity contribution in [3.05, 3.63) is 106 Å². The van der Waals surface area contributed by atoms with E-state index in [-0.39, 0.29) is 17.1 Å². The Kier molecular flexibility index (Phi) is 5.72. The normalized spacial score (nSPS) is 14.5. The van der Waals surface area contributed by atoms with E-state index >= 15 is 0 Å². The number of carbonyl (C=O) groups excluding carboxylic acids is 1. The van der Waals surface area contributed by atoms with Gasteiger partial charge in [-0.25, -0.2) is 0 Å². The molecule has 0 atom stereocenters. The molecule has 0 saturated carbocycles. The van der Waals surface area contributed by atoms with E-state index in [0.29, 0.717) is 17.9 Å². The van der Waals surface area contributed by atoms with Crippen molar-refractivity contribution in [3.63, 3.8) is 0 Å². The maximum atomic E-state index is 13.4. The summed E-state index contributed by atoms with van der Waals surface area (Å²) >= 11 is 0. The molecule has 4 rings (SSSR count). The molecule has 160 valence electrons. The van der Waals surface area contributed by atoms with Crippen LogP contribution in [0.4, 0.5) is 11.4 Å². The van der Waals surface area contributed by atoms with E-state index in [0.717, 1.165) is 16.9 Å². The van der Waals surface area contributed by atoms with E-state index in [9.17, 15) is 20.0 Å². The molecule has 3 aromatic carbocycles. The van der Waals surface area contributed by atoms with Gasteiger partial charge in [0, 0.05) is 17.7 Å². The number of nitro benzene ring substituents is 1. The fraction of sp³-hybridized carbons (Fsp3) is 0.0800. The molecule has 0 saturated heterocycles. The summed E-state index contributed by atoms with van der Waals surface area (Å²) in [6.07, 6.45) is 3.45. The average Bonchev–Trinajstić information content (AvgIpc) is 3.12. The van der Waals surface area contributed by atoms with E-state index in [2.05, 4.69) is 0 Å². The molecule has 0 aliphatic carbocycles. The van der Waals surface area contributed by atoms with Gasteiger partial charge in [-0.05, 0) is 48.4 Å². The van der Waals surface area contributed by atoms with Crippen LogP contribution in [-0.4, -0.2) is 22.5 Å². The molecule has 32 heavy (non-hydrogen) atoms. The lowest BCUT2D eigenvalue weighted by Gasteiger charge is -2.21. The van der Waals surface area contributed by atoms with E-state index in [1.807, 2.05) is 61.5 Å². The number of hydrogen-bond donors (Lipinski definition) is 1. The van der Waals surface area contributed by atoms with Gasteiger partial charge in [-0.3, -0.25) is 19.8 Å². The molecule has 0 fully saturated rings. The number of aromatic hydroxyl groups is 1. The van der Waals surface area contributed by atoms with Crippen molar-refractivity contribution in [3.8, 4) is 11.5 Å². The minimum absolute atomic E-state index is 0.0504. The Bertz CT molecular complexity index is 1230. The molecule has 3 aromatic rings. The third kappa shape index (κ3) is 4.09. The zero-order valence-electron chi connectivity index (χ0n) is 17.3. The number of non-ortho nitro benzene ring substituents is 1. The monoisotopic (exact) mass is 428 g/mol. The highest BCUT2D eigenvalue weighted by molar-refractivity contribution is 6.23. The molecule has 0 radical (unpaired) electrons. The number of rotatable bonds is 6. The molecule has 1 aliphatic rings. The van der Waals surface area contributed by atoms with E-state index < -0.39 is 10.8 Å². The summed E-state index contributed by atoms with van der Waals surface area (Å²) in [7, 11) is 0. The number of phenols is 1. The van der Waals surface area contributed by atoms with Gasteiger partial charge < -0.3 is 9.84 Å². The predicted molar refractivity (Wildman–Crippen MR) is 122 cm³/mol. The minimum Gasteiger partial charge on any atom is -0.506 e. The molecule has 1 aliphatic heterocycles. The van der Waals surface area contributed by atoms with Crippen LogP contribution in [0.15, 0.2) is 84.4 Å². The highest BCUT2D eigenvalue weighted by Crippen LogP contribution is 2.41. The lowest BCUT2D eigenvalue weighted by atomic mass is 10.1. The van der Waals surface area contributed by atoms with Crippen LogP contribution >= 0.6 is 0 Å². The van der Waals surface area contributed by atoms with Crippen LogP contribution in [0.1, 0.15) is 18.1 Å². The number of benzene rings is 3. The van der Waals surface area contributed by atoms with Crippen LogP contribution in [0.3, 0.4) is 0 Å². The molecule has 0 spiro atoms. The SMILES string of the molecule is CCOc1ccc(/C=C2\C=C(c3ccccc3)N(c3cc([N+](=O)[O-])ccc3O)C2=O)cc1. The van der Waals surface area contributed by atoms with Crippen molar-refractivity contribution >= 4 is 29.1 Å². The Labute approximate surface area is 184 Å². The third-order valence-corrected chi connectivity index (χ3v) is 4.98. The number of ether oxygens (including phenoxy) is 1. The number of phenolic OH excluding ortho intramolecular Hbond substituents is 1. The van der Waals surface area contributed by atoms with Gasteiger partial charge in [-0.1, -0.05) is 42.5 Å². The first kappa shape index (κ1) is 20.9. The van der Waals surface area contributed by atoms with E-state index in [4.69, 9.17) is 4.74 Å². The van der Waals surface area contributed by atoms with Crippen molar-refractivity contribution in [1.82, 2.24) is 0 Å². The summed E-state index contributed by atoms with van der Waals surface area (Å²) in [5.74, 6) is 0.109. The van der Waals surface area contributed by atoms with Gasteiger partial charge in [-0.15, -0.1) is 0 Å². The number of amides is 1. The summed E-state index contributed by atoms with van der Waals surface area (Å²) in [5, 5.41) is 21.7. The van der Waals surface area contributed by atoms with Crippen molar-refractivity contribution < 1.29 is 19.6 Å². The van der Waals surface area contributed by atoms with Gasteiger partial charge in [0.1, 0.15) is 11.5 Å².